The molecule has 1 aromatic heterocycles. The average molecular weight is 220 g/mol. The molecule has 0 aliphatic rings. The van der Waals surface area contributed by atoms with Crippen molar-refractivity contribution in [2.75, 3.05) is 0 Å². The molecule has 1 amide bonds. The quantitative estimate of drug-likeness (QED) is 0.829. The lowest BCUT2D eigenvalue weighted by atomic mass is 10.1. The Labute approximate surface area is 97.3 Å². The number of hydrogen-bond donors (Lipinski definition) is 1. The number of amides is 1. The molecule has 0 aliphatic heterocycles. The van der Waals surface area contributed by atoms with Gasteiger partial charge in [0.25, 0.3) is 5.91 Å². The normalized spacial score (nSPS) is 12.2. The molecule has 1 atom stereocenters. The smallest absolute Gasteiger partial charge is 0.270 e. The third kappa shape index (κ3) is 4.01. The second kappa shape index (κ2) is 6.26. The van der Waals surface area contributed by atoms with Crippen molar-refractivity contribution < 1.29 is 4.79 Å². The minimum Gasteiger partial charge on any atom is -0.348 e. The Bertz CT molecular complexity index is 332. The number of carbonyl (C=O) groups is 1. The van der Waals surface area contributed by atoms with Crippen LogP contribution in [-0.2, 0) is 0 Å². The summed E-state index contributed by atoms with van der Waals surface area (Å²) in [6, 6.07) is 3.88. The summed E-state index contributed by atoms with van der Waals surface area (Å²) in [5, 5.41) is 2.95. The third-order valence-corrected chi connectivity index (χ3v) is 2.51. The number of aromatic nitrogens is 1. The molecular weight excluding hydrogens is 200 g/mol. The predicted molar refractivity (Wildman–Crippen MR) is 65.4 cm³/mol. The largest absolute Gasteiger partial charge is 0.348 e. The van der Waals surface area contributed by atoms with Gasteiger partial charge in [-0.15, -0.1) is 0 Å². The van der Waals surface area contributed by atoms with Crippen molar-refractivity contribution in [3.63, 3.8) is 0 Å². The highest BCUT2D eigenvalue weighted by Gasteiger charge is 2.09. The molecule has 1 rings (SSSR count). The number of nitrogens with one attached hydrogen (secondary N) is 1. The molecule has 1 heterocycles. The van der Waals surface area contributed by atoms with Crippen molar-refractivity contribution >= 4 is 5.91 Å². The summed E-state index contributed by atoms with van der Waals surface area (Å²) in [6.45, 7) is 6.14. The van der Waals surface area contributed by atoms with Gasteiger partial charge in [-0.2, -0.15) is 0 Å². The lowest BCUT2D eigenvalue weighted by Gasteiger charge is -2.12. The number of unbranched alkanes of at least 4 members (excludes halogenated alkanes) is 1. The summed E-state index contributed by atoms with van der Waals surface area (Å²) in [7, 11) is 0. The van der Waals surface area contributed by atoms with Crippen LogP contribution in [0.1, 0.15) is 49.2 Å². The fourth-order valence-electron chi connectivity index (χ4n) is 1.48. The monoisotopic (exact) mass is 220 g/mol. The van der Waals surface area contributed by atoms with Crippen LogP contribution in [0.3, 0.4) is 0 Å². The molecule has 0 aliphatic carbocycles. The number of rotatable bonds is 5. The Hall–Kier alpha value is -1.38. The first-order valence-electron chi connectivity index (χ1n) is 5.87. The molecule has 16 heavy (non-hydrogen) atoms. The van der Waals surface area contributed by atoms with E-state index in [0.29, 0.717) is 5.69 Å². The van der Waals surface area contributed by atoms with E-state index in [9.17, 15) is 4.79 Å². The number of aryl methyl sites for hydroxylation is 1. The molecule has 0 saturated heterocycles. The topological polar surface area (TPSA) is 42.0 Å². The van der Waals surface area contributed by atoms with Crippen molar-refractivity contribution in [3.8, 4) is 0 Å². The van der Waals surface area contributed by atoms with E-state index in [2.05, 4.69) is 17.2 Å². The standard InChI is InChI=1S/C13H20N2O/c1-4-5-6-11(3)15-13(16)12-8-7-10(2)9-14-12/h7-9,11H,4-6H2,1-3H3,(H,15,16). The molecule has 88 valence electrons. The summed E-state index contributed by atoms with van der Waals surface area (Å²) < 4.78 is 0. The lowest BCUT2D eigenvalue weighted by Crippen LogP contribution is -2.32. The average Bonchev–Trinajstić information content (AvgIpc) is 2.27. The van der Waals surface area contributed by atoms with E-state index < -0.39 is 0 Å². The Balaban J connectivity index is 2.48. The van der Waals surface area contributed by atoms with E-state index in [-0.39, 0.29) is 11.9 Å². The number of pyridine rings is 1. The first-order chi connectivity index (χ1) is 7.63. The number of nitrogens with zero attached hydrogens (tertiary/aromatic N) is 1. The number of hydrogen-bond acceptors (Lipinski definition) is 2. The summed E-state index contributed by atoms with van der Waals surface area (Å²) in [5.74, 6) is -0.0800. The molecule has 3 heteroatoms. The van der Waals surface area contributed by atoms with Crippen molar-refractivity contribution in [1.29, 1.82) is 0 Å². The molecule has 1 N–H and O–H groups in total. The van der Waals surface area contributed by atoms with Crippen LogP contribution in [-0.4, -0.2) is 16.9 Å². The van der Waals surface area contributed by atoms with Gasteiger partial charge in [0.05, 0.1) is 0 Å². The van der Waals surface area contributed by atoms with Crippen LogP contribution in [0.4, 0.5) is 0 Å². The van der Waals surface area contributed by atoms with Crippen molar-refractivity contribution in [2.24, 2.45) is 0 Å². The van der Waals surface area contributed by atoms with E-state index in [1.54, 1.807) is 12.3 Å². The summed E-state index contributed by atoms with van der Waals surface area (Å²) >= 11 is 0. The number of carbonyl (C=O) groups excluding carboxylic acids is 1. The highest BCUT2D eigenvalue weighted by molar-refractivity contribution is 5.92. The van der Waals surface area contributed by atoms with Gasteiger partial charge in [0, 0.05) is 12.2 Å². The van der Waals surface area contributed by atoms with Gasteiger partial charge in [-0.1, -0.05) is 25.8 Å². The minimum atomic E-state index is -0.0800. The van der Waals surface area contributed by atoms with Crippen LogP contribution in [0.25, 0.3) is 0 Å². The maximum absolute atomic E-state index is 11.8. The Morgan fingerprint density at radius 3 is 2.81 bits per heavy atom. The summed E-state index contributed by atoms with van der Waals surface area (Å²) in [6.07, 6.45) is 5.03. The van der Waals surface area contributed by atoms with Gasteiger partial charge in [-0.3, -0.25) is 9.78 Å². The van der Waals surface area contributed by atoms with Gasteiger partial charge in [0.2, 0.25) is 0 Å². The van der Waals surface area contributed by atoms with Gasteiger partial charge in [-0.05, 0) is 31.9 Å². The van der Waals surface area contributed by atoms with Crippen LogP contribution in [0.5, 0.6) is 0 Å². The molecule has 0 spiro atoms. The van der Waals surface area contributed by atoms with Crippen LogP contribution in [0.15, 0.2) is 18.3 Å². The van der Waals surface area contributed by atoms with Gasteiger partial charge in [-0.25, -0.2) is 0 Å². The molecule has 0 saturated carbocycles. The van der Waals surface area contributed by atoms with E-state index in [1.807, 2.05) is 19.9 Å². The molecule has 0 bridgehead atoms. The highest BCUT2D eigenvalue weighted by atomic mass is 16.1. The maximum atomic E-state index is 11.8. The molecule has 0 radical (unpaired) electrons. The van der Waals surface area contributed by atoms with Crippen molar-refractivity contribution in [2.45, 2.75) is 46.1 Å². The molecule has 1 unspecified atom stereocenters. The van der Waals surface area contributed by atoms with Gasteiger partial charge in [0.15, 0.2) is 0 Å². The molecule has 1 aromatic rings. The van der Waals surface area contributed by atoms with E-state index in [1.165, 1.54) is 0 Å². The molecule has 3 nitrogen and oxygen atoms in total. The highest BCUT2D eigenvalue weighted by Crippen LogP contribution is 2.02. The zero-order chi connectivity index (χ0) is 12.0. The van der Waals surface area contributed by atoms with Gasteiger partial charge >= 0.3 is 0 Å². The first-order valence-corrected chi connectivity index (χ1v) is 5.87. The Morgan fingerprint density at radius 2 is 2.25 bits per heavy atom. The Morgan fingerprint density at radius 1 is 1.50 bits per heavy atom. The maximum Gasteiger partial charge on any atom is 0.270 e. The Kier molecular flexibility index (Phi) is 4.96. The fourth-order valence-corrected chi connectivity index (χ4v) is 1.48. The van der Waals surface area contributed by atoms with Gasteiger partial charge < -0.3 is 5.32 Å². The van der Waals surface area contributed by atoms with Crippen molar-refractivity contribution in [3.05, 3.63) is 29.6 Å². The van der Waals surface area contributed by atoms with E-state index in [4.69, 9.17) is 0 Å². The van der Waals surface area contributed by atoms with E-state index >= 15 is 0 Å². The fraction of sp³-hybridized carbons (Fsp3) is 0.538. The SMILES string of the molecule is CCCCC(C)NC(=O)c1ccc(C)cn1. The second-order valence-electron chi connectivity index (χ2n) is 4.24. The first kappa shape index (κ1) is 12.7. The summed E-state index contributed by atoms with van der Waals surface area (Å²) in [5.41, 5.74) is 1.56. The van der Waals surface area contributed by atoms with Crippen LogP contribution in [0.2, 0.25) is 0 Å². The zero-order valence-corrected chi connectivity index (χ0v) is 10.3. The summed E-state index contributed by atoms with van der Waals surface area (Å²) in [4.78, 5) is 15.9. The van der Waals surface area contributed by atoms with Crippen LogP contribution < -0.4 is 5.32 Å². The molecule has 0 fully saturated rings. The predicted octanol–water partition coefficient (Wildman–Crippen LogP) is 2.70. The van der Waals surface area contributed by atoms with Crippen LogP contribution >= 0.6 is 0 Å². The van der Waals surface area contributed by atoms with E-state index in [0.717, 1.165) is 24.8 Å². The lowest BCUT2D eigenvalue weighted by molar-refractivity contribution is 0.0933. The van der Waals surface area contributed by atoms with Gasteiger partial charge in [0.1, 0.15) is 5.69 Å². The van der Waals surface area contributed by atoms with Crippen molar-refractivity contribution in [1.82, 2.24) is 10.3 Å². The minimum absolute atomic E-state index is 0.0800. The third-order valence-electron chi connectivity index (χ3n) is 2.51. The van der Waals surface area contributed by atoms with Crippen LogP contribution in [0, 0.1) is 6.92 Å². The second-order valence-corrected chi connectivity index (χ2v) is 4.24. The molecule has 0 aromatic carbocycles. The molecular formula is C13H20N2O. The zero-order valence-electron chi connectivity index (χ0n) is 10.3.